The number of likely N-dealkylation sites (tertiary alicyclic amines) is 1. The van der Waals surface area contributed by atoms with Crippen LogP contribution in [-0.4, -0.2) is 42.3 Å². The van der Waals surface area contributed by atoms with Gasteiger partial charge in [0.15, 0.2) is 0 Å². The van der Waals surface area contributed by atoms with Crippen molar-refractivity contribution in [2.45, 2.75) is 44.8 Å². The molecule has 0 radical (unpaired) electrons. The minimum atomic E-state index is -0.00564. The Balaban J connectivity index is 1.89. The smallest absolute Gasteiger partial charge is 0.317 e. The van der Waals surface area contributed by atoms with Crippen molar-refractivity contribution in [3.8, 4) is 0 Å². The van der Waals surface area contributed by atoms with Gasteiger partial charge in [-0.05, 0) is 33.1 Å². The van der Waals surface area contributed by atoms with Crippen LogP contribution >= 0.6 is 0 Å². The number of carbonyl (C=O) groups is 1. The lowest BCUT2D eigenvalue weighted by Gasteiger charge is -2.23. The highest BCUT2D eigenvalue weighted by Gasteiger charge is 2.43. The zero-order valence-corrected chi connectivity index (χ0v) is 9.58. The summed E-state index contributed by atoms with van der Waals surface area (Å²) < 4.78 is 5.77. The van der Waals surface area contributed by atoms with Crippen molar-refractivity contribution < 1.29 is 9.53 Å². The normalized spacial score (nSPS) is 30.5. The molecule has 2 aliphatic rings. The molecule has 86 valence electrons. The third-order valence-corrected chi connectivity index (χ3v) is 3.20. The molecule has 1 N–H and O–H groups in total. The van der Waals surface area contributed by atoms with Crippen molar-refractivity contribution in [3.63, 3.8) is 0 Å². The lowest BCUT2D eigenvalue weighted by molar-refractivity contribution is 0.0152. The van der Waals surface area contributed by atoms with Gasteiger partial charge in [-0.1, -0.05) is 0 Å². The van der Waals surface area contributed by atoms with E-state index >= 15 is 0 Å². The van der Waals surface area contributed by atoms with E-state index < -0.39 is 0 Å². The van der Waals surface area contributed by atoms with Crippen molar-refractivity contribution in [1.82, 2.24) is 10.2 Å². The predicted molar refractivity (Wildman–Crippen MR) is 57.8 cm³/mol. The molecule has 0 aromatic heterocycles. The van der Waals surface area contributed by atoms with E-state index in [2.05, 4.69) is 5.32 Å². The molecule has 0 aromatic rings. The van der Waals surface area contributed by atoms with E-state index in [0.717, 1.165) is 39.0 Å². The molecule has 2 amide bonds. The van der Waals surface area contributed by atoms with Crippen LogP contribution in [-0.2, 0) is 4.74 Å². The fourth-order valence-corrected chi connectivity index (χ4v) is 2.43. The summed E-state index contributed by atoms with van der Waals surface area (Å²) >= 11 is 0. The third-order valence-electron chi connectivity index (χ3n) is 3.20. The summed E-state index contributed by atoms with van der Waals surface area (Å²) in [5, 5.41) is 2.92. The van der Waals surface area contributed by atoms with Gasteiger partial charge < -0.3 is 15.0 Å². The highest BCUT2D eigenvalue weighted by Crippen LogP contribution is 2.34. The third kappa shape index (κ3) is 2.25. The predicted octanol–water partition coefficient (Wildman–Crippen LogP) is 1.36. The number of rotatable bonds is 1. The number of hydrogen-bond donors (Lipinski definition) is 1. The Morgan fingerprint density at radius 2 is 2.27 bits per heavy atom. The number of nitrogens with one attached hydrogen (secondary N) is 1. The second-order valence-corrected chi connectivity index (χ2v) is 4.91. The van der Waals surface area contributed by atoms with Crippen LogP contribution in [0.4, 0.5) is 4.79 Å². The van der Waals surface area contributed by atoms with Crippen molar-refractivity contribution in [1.29, 1.82) is 0 Å². The maximum Gasteiger partial charge on any atom is 0.317 e. The molecule has 2 rings (SSSR count). The molecule has 0 saturated carbocycles. The standard InChI is InChI=1S/C11H20N2O2/c1-9(2)12-10(14)13-6-5-11(8-13)4-3-7-15-11/h9H,3-8H2,1-2H3,(H,12,14)/t11-/m0/s1. The summed E-state index contributed by atoms with van der Waals surface area (Å²) in [6.45, 7) is 6.43. The van der Waals surface area contributed by atoms with Crippen molar-refractivity contribution >= 4 is 6.03 Å². The largest absolute Gasteiger partial charge is 0.373 e. The van der Waals surface area contributed by atoms with Crippen molar-refractivity contribution in [3.05, 3.63) is 0 Å². The summed E-state index contributed by atoms with van der Waals surface area (Å²) in [5.41, 5.74) is -0.00564. The first-order chi connectivity index (χ1) is 7.11. The van der Waals surface area contributed by atoms with E-state index in [9.17, 15) is 4.79 Å². The Morgan fingerprint density at radius 3 is 2.87 bits per heavy atom. The Morgan fingerprint density at radius 1 is 1.47 bits per heavy atom. The summed E-state index contributed by atoms with van der Waals surface area (Å²) in [4.78, 5) is 13.6. The quantitative estimate of drug-likeness (QED) is 0.713. The summed E-state index contributed by atoms with van der Waals surface area (Å²) in [7, 11) is 0. The molecule has 2 aliphatic heterocycles. The molecule has 4 nitrogen and oxygen atoms in total. The summed E-state index contributed by atoms with van der Waals surface area (Å²) in [5.74, 6) is 0. The lowest BCUT2D eigenvalue weighted by atomic mass is 10.00. The first-order valence-electron chi connectivity index (χ1n) is 5.81. The van der Waals surface area contributed by atoms with Gasteiger partial charge >= 0.3 is 6.03 Å². The Kier molecular flexibility index (Phi) is 2.87. The second-order valence-electron chi connectivity index (χ2n) is 4.91. The molecule has 0 bridgehead atoms. The summed E-state index contributed by atoms with van der Waals surface area (Å²) in [6.07, 6.45) is 3.25. The number of nitrogens with zero attached hydrogens (tertiary/aromatic N) is 1. The van der Waals surface area contributed by atoms with E-state index in [1.807, 2.05) is 18.7 Å². The van der Waals surface area contributed by atoms with E-state index in [1.54, 1.807) is 0 Å². The molecule has 0 unspecified atom stereocenters. The Bertz CT molecular complexity index is 247. The highest BCUT2D eigenvalue weighted by atomic mass is 16.5. The van der Waals surface area contributed by atoms with Gasteiger partial charge in [-0.25, -0.2) is 4.79 Å². The Labute approximate surface area is 91.0 Å². The van der Waals surface area contributed by atoms with Gasteiger partial charge in [0.1, 0.15) is 0 Å². The van der Waals surface area contributed by atoms with E-state index in [0.29, 0.717) is 0 Å². The van der Waals surface area contributed by atoms with Gasteiger partial charge in [-0.2, -0.15) is 0 Å². The first-order valence-corrected chi connectivity index (χ1v) is 5.81. The minimum Gasteiger partial charge on any atom is -0.373 e. The van der Waals surface area contributed by atoms with Crippen LogP contribution in [0.2, 0.25) is 0 Å². The molecule has 0 aromatic carbocycles. The first kappa shape index (κ1) is 10.7. The molecule has 1 atom stereocenters. The molecule has 15 heavy (non-hydrogen) atoms. The number of ether oxygens (including phenoxy) is 1. The van der Waals surface area contributed by atoms with E-state index in [4.69, 9.17) is 4.74 Å². The van der Waals surface area contributed by atoms with Crippen molar-refractivity contribution in [2.75, 3.05) is 19.7 Å². The molecule has 4 heteroatoms. The Hall–Kier alpha value is -0.770. The fraction of sp³-hybridized carbons (Fsp3) is 0.909. The van der Waals surface area contributed by atoms with Crippen LogP contribution in [0.15, 0.2) is 0 Å². The SMILES string of the molecule is CC(C)NC(=O)N1CC[C@@]2(CCCO2)C1. The van der Waals surface area contributed by atoms with Crippen LogP contribution in [0.5, 0.6) is 0 Å². The maximum absolute atomic E-state index is 11.8. The number of urea groups is 1. The topological polar surface area (TPSA) is 41.6 Å². The van der Waals surface area contributed by atoms with Crippen LogP contribution in [0, 0.1) is 0 Å². The molecule has 2 heterocycles. The number of amides is 2. The van der Waals surface area contributed by atoms with Crippen LogP contribution < -0.4 is 5.32 Å². The van der Waals surface area contributed by atoms with Gasteiger partial charge in [0.25, 0.3) is 0 Å². The summed E-state index contributed by atoms with van der Waals surface area (Å²) in [6, 6.07) is 0.260. The van der Waals surface area contributed by atoms with Crippen LogP contribution in [0.3, 0.4) is 0 Å². The zero-order chi connectivity index (χ0) is 10.9. The molecule has 2 fully saturated rings. The lowest BCUT2D eigenvalue weighted by Crippen LogP contribution is -2.43. The minimum absolute atomic E-state index is 0.00564. The van der Waals surface area contributed by atoms with E-state index in [1.165, 1.54) is 0 Å². The van der Waals surface area contributed by atoms with Gasteiger partial charge in [-0.15, -0.1) is 0 Å². The zero-order valence-electron chi connectivity index (χ0n) is 9.58. The van der Waals surface area contributed by atoms with Gasteiger partial charge in [0.2, 0.25) is 0 Å². The molecular formula is C11H20N2O2. The maximum atomic E-state index is 11.8. The average Bonchev–Trinajstić information content (AvgIpc) is 2.76. The molecule has 2 saturated heterocycles. The monoisotopic (exact) mass is 212 g/mol. The highest BCUT2D eigenvalue weighted by molar-refractivity contribution is 5.74. The number of hydrogen-bond acceptors (Lipinski definition) is 2. The van der Waals surface area contributed by atoms with Gasteiger partial charge in [0.05, 0.1) is 12.1 Å². The van der Waals surface area contributed by atoms with Crippen molar-refractivity contribution in [2.24, 2.45) is 0 Å². The average molecular weight is 212 g/mol. The van der Waals surface area contributed by atoms with E-state index in [-0.39, 0.29) is 17.7 Å². The number of carbonyl (C=O) groups excluding carboxylic acids is 1. The second kappa shape index (κ2) is 4.00. The molecule has 0 aliphatic carbocycles. The van der Waals surface area contributed by atoms with Gasteiger partial charge in [-0.3, -0.25) is 0 Å². The molecular weight excluding hydrogens is 192 g/mol. The van der Waals surface area contributed by atoms with Crippen LogP contribution in [0.1, 0.15) is 33.1 Å². The fourth-order valence-electron chi connectivity index (χ4n) is 2.43. The van der Waals surface area contributed by atoms with Gasteiger partial charge in [0, 0.05) is 19.2 Å². The molecule has 1 spiro atoms. The van der Waals surface area contributed by atoms with Crippen LogP contribution in [0.25, 0.3) is 0 Å².